The molecule has 2 unspecified atom stereocenters. The van der Waals surface area contributed by atoms with Gasteiger partial charge in [0.25, 0.3) is 0 Å². The number of hydrogen-bond donors (Lipinski definition) is 2. The Balaban J connectivity index is 2.53. The third-order valence-electron chi connectivity index (χ3n) is 3.14. The molecule has 4 heteroatoms. The lowest BCUT2D eigenvalue weighted by molar-refractivity contribution is -0.128. The number of nitrogens with two attached hydrogens (primary N) is 1. The Morgan fingerprint density at radius 1 is 1.60 bits per heavy atom. The second kappa shape index (κ2) is 4.49. The van der Waals surface area contributed by atoms with Crippen molar-refractivity contribution in [2.75, 3.05) is 19.6 Å². The van der Waals surface area contributed by atoms with E-state index in [1.165, 1.54) is 0 Å². The van der Waals surface area contributed by atoms with Crippen LogP contribution in [0.15, 0.2) is 0 Å². The van der Waals surface area contributed by atoms with Gasteiger partial charge in [0, 0.05) is 26.1 Å². The van der Waals surface area contributed by atoms with Crippen molar-refractivity contribution < 1.29 is 9.90 Å². The molecule has 1 saturated heterocycles. The minimum atomic E-state index is -0.590. The van der Waals surface area contributed by atoms with Crippen molar-refractivity contribution in [3.05, 3.63) is 0 Å². The first kappa shape index (κ1) is 12.5. The summed E-state index contributed by atoms with van der Waals surface area (Å²) in [6.07, 6.45) is 0.00789. The molecule has 0 saturated carbocycles. The van der Waals surface area contributed by atoms with Crippen molar-refractivity contribution in [2.24, 2.45) is 17.1 Å². The highest BCUT2D eigenvalue weighted by atomic mass is 16.3. The molecule has 1 rings (SSSR count). The van der Waals surface area contributed by atoms with Gasteiger partial charge in [0.2, 0.25) is 5.91 Å². The van der Waals surface area contributed by atoms with Crippen LogP contribution in [0.4, 0.5) is 0 Å². The van der Waals surface area contributed by atoms with Crippen LogP contribution in [0.25, 0.3) is 0 Å². The molecule has 0 radical (unpaired) electrons. The Kier molecular flexibility index (Phi) is 3.73. The molecule has 1 aliphatic rings. The van der Waals surface area contributed by atoms with Gasteiger partial charge in [0.15, 0.2) is 0 Å². The molecular weight excluding hydrogens is 192 g/mol. The first-order valence-electron chi connectivity index (χ1n) is 5.50. The van der Waals surface area contributed by atoms with E-state index in [2.05, 4.69) is 20.8 Å². The summed E-state index contributed by atoms with van der Waals surface area (Å²) in [6.45, 7) is 7.78. The second-order valence-corrected chi connectivity index (χ2v) is 5.46. The molecule has 15 heavy (non-hydrogen) atoms. The Labute approximate surface area is 91.4 Å². The fourth-order valence-corrected chi connectivity index (χ4v) is 1.86. The highest BCUT2D eigenvalue weighted by Gasteiger charge is 2.37. The molecule has 4 nitrogen and oxygen atoms in total. The maximum absolute atomic E-state index is 11.7. The molecule has 88 valence electrons. The van der Waals surface area contributed by atoms with Crippen molar-refractivity contribution in [3.63, 3.8) is 0 Å². The molecule has 0 aromatic rings. The van der Waals surface area contributed by atoms with Crippen LogP contribution >= 0.6 is 0 Å². The monoisotopic (exact) mass is 214 g/mol. The SMILES string of the molecule is CC(C)(C)C1CC(=O)N(CC(O)CN)C1. The Morgan fingerprint density at radius 2 is 2.20 bits per heavy atom. The molecule has 0 spiro atoms. The summed E-state index contributed by atoms with van der Waals surface area (Å²) in [5.74, 6) is 0.525. The van der Waals surface area contributed by atoms with Gasteiger partial charge in [0.1, 0.15) is 0 Å². The summed E-state index contributed by atoms with van der Waals surface area (Å²) in [4.78, 5) is 13.4. The summed E-state index contributed by atoms with van der Waals surface area (Å²) >= 11 is 0. The molecule has 0 aromatic carbocycles. The fourth-order valence-electron chi connectivity index (χ4n) is 1.86. The van der Waals surface area contributed by atoms with Gasteiger partial charge in [-0.1, -0.05) is 20.8 Å². The van der Waals surface area contributed by atoms with Crippen molar-refractivity contribution in [1.29, 1.82) is 0 Å². The van der Waals surface area contributed by atoms with Gasteiger partial charge in [-0.15, -0.1) is 0 Å². The molecule has 1 amide bonds. The summed E-state index contributed by atoms with van der Waals surface area (Å²) in [5.41, 5.74) is 5.48. The molecule has 1 aliphatic heterocycles. The zero-order valence-electron chi connectivity index (χ0n) is 9.86. The lowest BCUT2D eigenvalue weighted by Crippen LogP contribution is -2.38. The van der Waals surface area contributed by atoms with Crippen LogP contribution in [0.5, 0.6) is 0 Å². The molecular formula is C11H22N2O2. The minimum absolute atomic E-state index is 0.141. The van der Waals surface area contributed by atoms with Gasteiger partial charge in [-0.05, 0) is 11.3 Å². The summed E-state index contributed by atoms with van der Waals surface area (Å²) in [7, 11) is 0. The van der Waals surface area contributed by atoms with Crippen molar-refractivity contribution in [2.45, 2.75) is 33.3 Å². The third kappa shape index (κ3) is 3.18. The van der Waals surface area contributed by atoms with E-state index in [0.29, 0.717) is 18.9 Å². The Bertz CT molecular complexity index is 235. The topological polar surface area (TPSA) is 66.6 Å². The average Bonchev–Trinajstić information content (AvgIpc) is 2.47. The number of β-amino-alcohol motifs (C(OH)–C–C–N with tert-alkyl or cyclic N) is 1. The number of aliphatic hydroxyl groups excluding tert-OH is 1. The fraction of sp³-hybridized carbons (Fsp3) is 0.909. The van der Waals surface area contributed by atoms with Gasteiger partial charge in [0.05, 0.1) is 6.10 Å². The van der Waals surface area contributed by atoms with Crippen molar-refractivity contribution in [1.82, 2.24) is 4.90 Å². The maximum Gasteiger partial charge on any atom is 0.223 e. The van der Waals surface area contributed by atoms with Gasteiger partial charge < -0.3 is 15.7 Å². The number of likely N-dealkylation sites (tertiary alicyclic amines) is 1. The Hall–Kier alpha value is -0.610. The van der Waals surface area contributed by atoms with E-state index < -0.39 is 6.10 Å². The summed E-state index contributed by atoms with van der Waals surface area (Å²) in [5, 5.41) is 9.41. The highest BCUT2D eigenvalue weighted by Crippen LogP contribution is 2.34. The highest BCUT2D eigenvalue weighted by molar-refractivity contribution is 5.78. The van der Waals surface area contributed by atoms with Crippen molar-refractivity contribution in [3.8, 4) is 0 Å². The maximum atomic E-state index is 11.7. The Morgan fingerprint density at radius 3 is 2.60 bits per heavy atom. The van der Waals surface area contributed by atoms with E-state index in [4.69, 9.17) is 5.73 Å². The predicted octanol–water partition coefficient (Wildman–Crippen LogP) is 0.201. The van der Waals surface area contributed by atoms with Gasteiger partial charge >= 0.3 is 0 Å². The minimum Gasteiger partial charge on any atom is -0.390 e. The van der Waals surface area contributed by atoms with E-state index in [-0.39, 0.29) is 17.9 Å². The first-order valence-corrected chi connectivity index (χ1v) is 5.50. The average molecular weight is 214 g/mol. The largest absolute Gasteiger partial charge is 0.390 e. The number of aliphatic hydroxyl groups is 1. The molecule has 2 atom stereocenters. The van der Waals surface area contributed by atoms with Crippen LogP contribution in [0, 0.1) is 11.3 Å². The molecule has 1 fully saturated rings. The quantitative estimate of drug-likeness (QED) is 0.705. The number of amides is 1. The zero-order chi connectivity index (χ0) is 11.6. The van der Waals surface area contributed by atoms with Gasteiger partial charge in [-0.2, -0.15) is 0 Å². The standard InChI is InChI=1S/C11H22N2O2/c1-11(2,3)8-4-10(15)13(6-8)7-9(14)5-12/h8-9,14H,4-7,12H2,1-3H3. The number of nitrogens with zero attached hydrogens (tertiary/aromatic N) is 1. The third-order valence-corrected chi connectivity index (χ3v) is 3.14. The van der Waals surface area contributed by atoms with E-state index in [0.717, 1.165) is 6.54 Å². The number of carbonyl (C=O) groups is 1. The zero-order valence-corrected chi connectivity index (χ0v) is 9.86. The number of carbonyl (C=O) groups excluding carboxylic acids is 1. The van der Waals surface area contributed by atoms with E-state index in [1.54, 1.807) is 4.90 Å². The molecule has 0 bridgehead atoms. The van der Waals surface area contributed by atoms with E-state index in [1.807, 2.05) is 0 Å². The van der Waals surface area contributed by atoms with Crippen LogP contribution < -0.4 is 5.73 Å². The molecule has 0 aromatic heterocycles. The first-order chi connectivity index (χ1) is 6.84. The van der Waals surface area contributed by atoms with Crippen LogP contribution in [-0.4, -0.2) is 41.7 Å². The van der Waals surface area contributed by atoms with Crippen molar-refractivity contribution >= 4 is 5.91 Å². The van der Waals surface area contributed by atoms with Gasteiger partial charge in [-0.25, -0.2) is 0 Å². The number of rotatable bonds is 3. The normalized spacial score (nSPS) is 24.7. The predicted molar refractivity (Wildman–Crippen MR) is 59.2 cm³/mol. The van der Waals surface area contributed by atoms with Crippen LogP contribution in [0.2, 0.25) is 0 Å². The van der Waals surface area contributed by atoms with Crippen LogP contribution in [0.1, 0.15) is 27.2 Å². The smallest absolute Gasteiger partial charge is 0.223 e. The van der Waals surface area contributed by atoms with Crippen LogP contribution in [-0.2, 0) is 4.79 Å². The molecule has 1 heterocycles. The number of hydrogen-bond acceptors (Lipinski definition) is 3. The summed E-state index contributed by atoms with van der Waals surface area (Å²) < 4.78 is 0. The van der Waals surface area contributed by atoms with E-state index in [9.17, 15) is 9.90 Å². The lowest BCUT2D eigenvalue weighted by Gasteiger charge is -2.27. The lowest BCUT2D eigenvalue weighted by atomic mass is 9.80. The second-order valence-electron chi connectivity index (χ2n) is 5.46. The molecule has 0 aliphatic carbocycles. The van der Waals surface area contributed by atoms with E-state index >= 15 is 0 Å². The molecule has 3 N–H and O–H groups in total. The van der Waals surface area contributed by atoms with Gasteiger partial charge in [-0.3, -0.25) is 4.79 Å². The van der Waals surface area contributed by atoms with Crippen LogP contribution in [0.3, 0.4) is 0 Å². The summed E-state index contributed by atoms with van der Waals surface area (Å²) in [6, 6.07) is 0.